The number of rotatable bonds is 6. The molecule has 37 heavy (non-hydrogen) atoms. The lowest BCUT2D eigenvalue weighted by Crippen LogP contribution is -2.46. The van der Waals surface area contributed by atoms with E-state index in [1.807, 2.05) is 35.8 Å². The van der Waals surface area contributed by atoms with Crippen LogP contribution in [0, 0.1) is 17.3 Å². The summed E-state index contributed by atoms with van der Waals surface area (Å²) in [5.74, 6) is 0.566. The molecule has 0 bridgehead atoms. The first-order valence-corrected chi connectivity index (χ1v) is 14.3. The highest BCUT2D eigenvalue weighted by Crippen LogP contribution is 2.47. The van der Waals surface area contributed by atoms with Crippen LogP contribution in [0.3, 0.4) is 0 Å². The Morgan fingerprint density at radius 2 is 1.70 bits per heavy atom. The summed E-state index contributed by atoms with van der Waals surface area (Å²) < 4.78 is 5.75. The second-order valence-electron chi connectivity index (χ2n) is 11.8. The number of benzene rings is 1. The van der Waals surface area contributed by atoms with Crippen LogP contribution >= 0.6 is 23.2 Å². The molecule has 3 atom stereocenters. The van der Waals surface area contributed by atoms with Gasteiger partial charge in [-0.25, -0.2) is 4.79 Å². The minimum atomic E-state index is -0.357. The van der Waals surface area contributed by atoms with E-state index in [-0.39, 0.29) is 47.3 Å². The number of hydrogen-bond donors (Lipinski definition) is 0. The summed E-state index contributed by atoms with van der Waals surface area (Å²) in [6.45, 7) is 6.17. The monoisotopic (exact) mass is 549 g/mol. The van der Waals surface area contributed by atoms with E-state index in [4.69, 9.17) is 27.9 Å². The third kappa shape index (κ3) is 5.58. The summed E-state index contributed by atoms with van der Waals surface area (Å²) in [5, 5.41) is 0.928. The van der Waals surface area contributed by atoms with Gasteiger partial charge in [-0.3, -0.25) is 9.59 Å². The third-order valence-electron chi connectivity index (χ3n) is 8.98. The molecule has 0 radical (unpaired) electrons. The highest BCUT2D eigenvalue weighted by atomic mass is 35.5. The summed E-state index contributed by atoms with van der Waals surface area (Å²) in [6.07, 6.45) is 5.01. The third-order valence-corrected chi connectivity index (χ3v) is 9.72. The second-order valence-corrected chi connectivity index (χ2v) is 12.6. The molecule has 2 aliphatic heterocycles. The maximum atomic E-state index is 13.6. The van der Waals surface area contributed by atoms with Crippen LogP contribution < -0.4 is 0 Å². The zero-order valence-electron chi connectivity index (χ0n) is 21.9. The van der Waals surface area contributed by atoms with E-state index in [0.717, 1.165) is 31.2 Å². The van der Waals surface area contributed by atoms with Crippen LogP contribution in [0.5, 0.6) is 0 Å². The van der Waals surface area contributed by atoms with Crippen LogP contribution in [-0.4, -0.2) is 78.0 Å². The summed E-state index contributed by atoms with van der Waals surface area (Å²) >= 11 is 12.5. The molecule has 2 saturated carbocycles. The molecule has 202 valence electrons. The van der Waals surface area contributed by atoms with Gasteiger partial charge in [-0.2, -0.15) is 0 Å². The Morgan fingerprint density at radius 3 is 2.30 bits per heavy atom. The van der Waals surface area contributed by atoms with E-state index in [1.54, 1.807) is 18.0 Å². The van der Waals surface area contributed by atoms with Gasteiger partial charge in [0.1, 0.15) is 6.10 Å². The topological polar surface area (TPSA) is 70.2 Å². The van der Waals surface area contributed by atoms with Crippen LogP contribution in [0.2, 0.25) is 10.0 Å². The predicted molar refractivity (Wildman–Crippen MR) is 143 cm³/mol. The van der Waals surface area contributed by atoms with Gasteiger partial charge in [-0.1, -0.05) is 36.2 Å². The number of ether oxygens (including phenoxy) is 1. The molecule has 1 aromatic carbocycles. The van der Waals surface area contributed by atoms with E-state index in [9.17, 15) is 14.4 Å². The van der Waals surface area contributed by atoms with Gasteiger partial charge < -0.3 is 19.4 Å². The summed E-state index contributed by atoms with van der Waals surface area (Å²) in [7, 11) is 1.76. The van der Waals surface area contributed by atoms with Crippen molar-refractivity contribution in [1.82, 2.24) is 14.7 Å². The highest BCUT2D eigenvalue weighted by molar-refractivity contribution is 6.42. The Morgan fingerprint density at radius 1 is 1.03 bits per heavy atom. The van der Waals surface area contributed by atoms with Gasteiger partial charge in [0.25, 0.3) is 0 Å². The lowest BCUT2D eigenvalue weighted by molar-refractivity contribution is -0.142. The predicted octanol–water partition coefficient (Wildman–Crippen LogP) is 5.19. The molecule has 5 rings (SSSR count). The molecule has 0 spiro atoms. The van der Waals surface area contributed by atoms with Crippen molar-refractivity contribution in [2.45, 2.75) is 70.4 Å². The zero-order valence-corrected chi connectivity index (χ0v) is 23.4. The van der Waals surface area contributed by atoms with E-state index in [2.05, 4.69) is 0 Å². The summed E-state index contributed by atoms with van der Waals surface area (Å²) in [5.41, 5.74) is 0.769. The molecule has 0 aromatic heterocycles. The van der Waals surface area contributed by atoms with E-state index in [0.29, 0.717) is 55.0 Å². The molecular formula is C28H37Cl2N3O4. The van der Waals surface area contributed by atoms with E-state index in [1.165, 1.54) is 0 Å². The van der Waals surface area contributed by atoms with Gasteiger partial charge in [0.05, 0.1) is 16.1 Å². The first kappa shape index (κ1) is 26.6. The number of piperidine rings is 1. The Hall–Kier alpha value is -1.99. The number of carbonyl (C=O) groups is 3. The normalized spacial score (nSPS) is 26.1. The minimum Gasteiger partial charge on any atom is -0.446 e. The number of carbonyl (C=O) groups excluding carboxylic acids is 3. The molecular weight excluding hydrogens is 513 g/mol. The van der Waals surface area contributed by atoms with Crippen molar-refractivity contribution in [3.8, 4) is 0 Å². The standard InChI is InChI=1S/C28H37Cl2N3O4/c1-17(18-4-5-18)37-27(36)31(3)24-16-33(15-21(24)20-6-7-22(29)23(30)14-20)25(34)19-8-12-32(13-9-19)26(35)28(2)10-11-28/h6-7,14,17-19,21,24H,4-5,8-13,15-16H2,1-3H3/t17?,21-,24+/m0/s1. The number of nitrogens with zero attached hydrogens (tertiary/aromatic N) is 3. The molecule has 4 aliphatic rings. The molecule has 3 amide bonds. The van der Waals surface area contributed by atoms with Crippen LogP contribution in [0.25, 0.3) is 0 Å². The number of amides is 3. The summed E-state index contributed by atoms with van der Waals surface area (Å²) in [6, 6.07) is 5.29. The van der Waals surface area contributed by atoms with Gasteiger partial charge in [0.15, 0.2) is 0 Å². The fraction of sp³-hybridized carbons (Fsp3) is 0.679. The Kier molecular flexibility index (Phi) is 7.40. The molecule has 7 nitrogen and oxygen atoms in total. The number of hydrogen-bond acceptors (Lipinski definition) is 4. The van der Waals surface area contributed by atoms with Crippen LogP contribution in [0.15, 0.2) is 18.2 Å². The van der Waals surface area contributed by atoms with Crippen molar-refractivity contribution in [3.63, 3.8) is 0 Å². The number of halogens is 2. The largest absolute Gasteiger partial charge is 0.446 e. The van der Waals surface area contributed by atoms with Gasteiger partial charge in [0, 0.05) is 50.5 Å². The average molecular weight is 551 g/mol. The maximum Gasteiger partial charge on any atom is 0.410 e. The average Bonchev–Trinajstić information content (AvgIpc) is 3.82. The smallest absolute Gasteiger partial charge is 0.410 e. The SMILES string of the molecule is CC(OC(=O)N(C)[C@@H]1CN(C(=O)C2CCN(C(=O)C3(C)CC3)CC2)C[C@H]1c1ccc(Cl)c(Cl)c1)C1CC1. The van der Waals surface area contributed by atoms with E-state index < -0.39 is 0 Å². The molecule has 9 heteroatoms. The molecule has 1 aromatic rings. The number of likely N-dealkylation sites (tertiary alicyclic amines) is 2. The minimum absolute atomic E-state index is 0.102. The lowest BCUT2D eigenvalue weighted by Gasteiger charge is -2.34. The maximum absolute atomic E-state index is 13.6. The van der Waals surface area contributed by atoms with Crippen molar-refractivity contribution in [2.75, 3.05) is 33.2 Å². The lowest BCUT2D eigenvalue weighted by atomic mass is 9.93. The van der Waals surface area contributed by atoms with Gasteiger partial charge in [-0.15, -0.1) is 0 Å². The second kappa shape index (κ2) is 10.3. The first-order valence-electron chi connectivity index (χ1n) is 13.5. The van der Waals surface area contributed by atoms with Crippen LogP contribution in [0.4, 0.5) is 4.79 Å². The Balaban J connectivity index is 1.28. The summed E-state index contributed by atoms with van der Waals surface area (Å²) in [4.78, 5) is 44.9. The molecule has 0 N–H and O–H groups in total. The fourth-order valence-electron chi connectivity index (χ4n) is 5.84. The van der Waals surface area contributed by atoms with Crippen molar-refractivity contribution < 1.29 is 19.1 Å². The first-order chi connectivity index (χ1) is 17.6. The molecule has 2 heterocycles. The highest BCUT2D eigenvalue weighted by Gasteiger charge is 2.48. The molecule has 2 aliphatic carbocycles. The van der Waals surface area contributed by atoms with E-state index >= 15 is 0 Å². The Bertz CT molecular complexity index is 1070. The van der Waals surface area contributed by atoms with Crippen molar-refractivity contribution in [2.24, 2.45) is 17.3 Å². The number of likely N-dealkylation sites (N-methyl/N-ethyl adjacent to an activating group) is 1. The Labute approximate surface area is 229 Å². The molecule has 4 fully saturated rings. The van der Waals surface area contributed by atoms with Crippen LogP contribution in [-0.2, 0) is 14.3 Å². The van der Waals surface area contributed by atoms with Crippen molar-refractivity contribution >= 4 is 41.1 Å². The van der Waals surface area contributed by atoms with Crippen molar-refractivity contribution in [1.29, 1.82) is 0 Å². The van der Waals surface area contributed by atoms with Gasteiger partial charge in [0.2, 0.25) is 11.8 Å². The zero-order chi connectivity index (χ0) is 26.5. The fourth-order valence-corrected chi connectivity index (χ4v) is 6.15. The quantitative estimate of drug-likeness (QED) is 0.489. The molecule has 2 saturated heterocycles. The van der Waals surface area contributed by atoms with Gasteiger partial charge in [-0.05, 0) is 69.1 Å². The van der Waals surface area contributed by atoms with Gasteiger partial charge >= 0.3 is 6.09 Å². The molecule has 1 unspecified atom stereocenters. The van der Waals surface area contributed by atoms with Crippen molar-refractivity contribution in [3.05, 3.63) is 33.8 Å². The van der Waals surface area contributed by atoms with Crippen LogP contribution in [0.1, 0.15) is 63.9 Å².